The van der Waals surface area contributed by atoms with Crippen molar-refractivity contribution in [3.8, 4) is 0 Å². The molecule has 5 heteroatoms. The maximum atomic E-state index is 14.1. The molecule has 0 aromatic heterocycles. The Hall–Kier alpha value is -1.13. The number of nitrogens with two attached hydrogens (primary N) is 1. The van der Waals surface area contributed by atoms with E-state index in [0.717, 1.165) is 12.8 Å². The predicted octanol–water partition coefficient (Wildman–Crippen LogP) is 2.88. The fourth-order valence-electron chi connectivity index (χ4n) is 2.49. The number of nitrogens with zero attached hydrogens (tertiary/aromatic N) is 1. The normalized spacial score (nSPS) is 16.6. The van der Waals surface area contributed by atoms with E-state index in [2.05, 4.69) is 0 Å². The molecule has 0 bridgehead atoms. The first-order valence-corrected chi connectivity index (χ1v) is 6.90. The molecule has 1 unspecified atom stereocenters. The number of hydrogen-bond acceptors (Lipinski definition) is 2. The molecule has 1 aromatic rings. The van der Waals surface area contributed by atoms with Gasteiger partial charge in [0.05, 0.1) is 11.6 Å². The molecule has 104 valence electrons. The molecule has 0 aliphatic heterocycles. The van der Waals surface area contributed by atoms with E-state index in [0.29, 0.717) is 18.0 Å². The number of rotatable bonds is 6. The third kappa shape index (κ3) is 3.25. The second-order valence-electron chi connectivity index (χ2n) is 4.94. The van der Waals surface area contributed by atoms with Crippen molar-refractivity contribution < 1.29 is 9.18 Å². The molecule has 3 nitrogen and oxygen atoms in total. The fraction of sp³-hybridized carbons (Fsp3) is 0.500. The van der Waals surface area contributed by atoms with Crippen LogP contribution in [-0.4, -0.2) is 23.4 Å². The maximum Gasteiger partial charge on any atom is 0.231 e. The van der Waals surface area contributed by atoms with Crippen LogP contribution in [0.15, 0.2) is 18.2 Å². The number of primary amides is 1. The number of carbonyl (C=O) groups excluding carboxylic acids is 1. The van der Waals surface area contributed by atoms with Gasteiger partial charge < -0.3 is 5.73 Å². The van der Waals surface area contributed by atoms with Crippen molar-refractivity contribution in [1.29, 1.82) is 0 Å². The Kier molecular flexibility index (Phi) is 4.42. The van der Waals surface area contributed by atoms with Crippen LogP contribution in [0.2, 0.25) is 5.02 Å². The zero-order valence-corrected chi connectivity index (χ0v) is 11.7. The van der Waals surface area contributed by atoms with Gasteiger partial charge in [-0.05, 0) is 25.3 Å². The van der Waals surface area contributed by atoms with Crippen molar-refractivity contribution in [2.75, 3.05) is 6.54 Å². The Morgan fingerprint density at radius 3 is 2.79 bits per heavy atom. The highest BCUT2D eigenvalue weighted by Crippen LogP contribution is 2.37. The lowest BCUT2D eigenvalue weighted by Gasteiger charge is -2.30. The van der Waals surface area contributed by atoms with E-state index in [4.69, 9.17) is 17.3 Å². The summed E-state index contributed by atoms with van der Waals surface area (Å²) in [4.78, 5) is 13.2. The van der Waals surface area contributed by atoms with Crippen LogP contribution in [0.25, 0.3) is 0 Å². The first kappa shape index (κ1) is 14.3. The van der Waals surface area contributed by atoms with E-state index < -0.39 is 5.82 Å². The largest absolute Gasteiger partial charge is 0.369 e. The van der Waals surface area contributed by atoms with E-state index in [9.17, 15) is 9.18 Å². The van der Waals surface area contributed by atoms with E-state index in [1.54, 1.807) is 12.1 Å². The van der Waals surface area contributed by atoms with E-state index in [1.807, 2.05) is 11.8 Å². The van der Waals surface area contributed by atoms with Crippen molar-refractivity contribution in [1.82, 2.24) is 4.90 Å². The fourth-order valence-corrected chi connectivity index (χ4v) is 2.67. The number of halogens is 2. The summed E-state index contributed by atoms with van der Waals surface area (Å²) < 4.78 is 14.1. The van der Waals surface area contributed by atoms with Crippen LogP contribution in [0.1, 0.15) is 37.8 Å². The van der Waals surface area contributed by atoms with Crippen molar-refractivity contribution in [2.45, 2.75) is 38.3 Å². The summed E-state index contributed by atoms with van der Waals surface area (Å²) in [5.74, 6) is -0.779. The number of hydrogen-bond donors (Lipinski definition) is 1. The zero-order valence-electron chi connectivity index (χ0n) is 10.9. The van der Waals surface area contributed by atoms with Gasteiger partial charge in [0, 0.05) is 17.6 Å². The summed E-state index contributed by atoms with van der Waals surface area (Å²) >= 11 is 5.84. The van der Waals surface area contributed by atoms with Crippen molar-refractivity contribution in [2.24, 2.45) is 5.73 Å². The summed E-state index contributed by atoms with van der Waals surface area (Å²) in [6.07, 6.45) is 2.78. The minimum atomic E-state index is -0.397. The summed E-state index contributed by atoms with van der Waals surface area (Å²) in [6.45, 7) is 2.14. The monoisotopic (exact) mass is 284 g/mol. The topological polar surface area (TPSA) is 46.3 Å². The van der Waals surface area contributed by atoms with Crippen LogP contribution in [0.4, 0.5) is 4.39 Å². The second-order valence-corrected chi connectivity index (χ2v) is 5.34. The number of benzene rings is 1. The molecule has 0 radical (unpaired) electrons. The van der Waals surface area contributed by atoms with Gasteiger partial charge in [-0.15, -0.1) is 0 Å². The molecule has 0 spiro atoms. The third-order valence-corrected chi connectivity index (χ3v) is 3.77. The van der Waals surface area contributed by atoms with Gasteiger partial charge >= 0.3 is 0 Å². The van der Waals surface area contributed by atoms with Gasteiger partial charge in [-0.3, -0.25) is 9.69 Å². The first-order valence-electron chi connectivity index (χ1n) is 6.52. The lowest BCUT2D eigenvalue weighted by molar-refractivity contribution is -0.120. The molecule has 1 saturated carbocycles. The average Bonchev–Trinajstić information content (AvgIpc) is 3.17. The molecule has 1 amide bonds. The highest BCUT2D eigenvalue weighted by molar-refractivity contribution is 6.30. The number of carbonyl (C=O) groups is 1. The Morgan fingerprint density at radius 1 is 1.58 bits per heavy atom. The van der Waals surface area contributed by atoms with Gasteiger partial charge in [0.2, 0.25) is 5.91 Å². The van der Waals surface area contributed by atoms with E-state index in [1.165, 1.54) is 6.07 Å². The molecular formula is C14H18ClFN2O. The molecular weight excluding hydrogens is 267 g/mol. The molecule has 0 heterocycles. The lowest BCUT2D eigenvalue weighted by Crippen LogP contribution is -2.38. The van der Waals surface area contributed by atoms with E-state index in [-0.39, 0.29) is 23.5 Å². The predicted molar refractivity (Wildman–Crippen MR) is 73.4 cm³/mol. The Morgan fingerprint density at radius 2 is 2.26 bits per heavy atom. The van der Waals surface area contributed by atoms with Gasteiger partial charge in [-0.1, -0.05) is 30.7 Å². The van der Waals surface area contributed by atoms with Crippen LogP contribution >= 0.6 is 11.6 Å². The van der Waals surface area contributed by atoms with Crippen LogP contribution in [0.5, 0.6) is 0 Å². The molecule has 1 aliphatic rings. The van der Waals surface area contributed by atoms with E-state index >= 15 is 0 Å². The van der Waals surface area contributed by atoms with Crippen molar-refractivity contribution in [3.05, 3.63) is 34.6 Å². The highest BCUT2D eigenvalue weighted by Gasteiger charge is 2.35. The van der Waals surface area contributed by atoms with Crippen LogP contribution in [0.3, 0.4) is 0 Å². The zero-order chi connectivity index (χ0) is 14.0. The molecule has 2 rings (SSSR count). The second kappa shape index (κ2) is 5.88. The molecule has 2 N–H and O–H groups in total. The quantitative estimate of drug-likeness (QED) is 0.873. The molecule has 1 atom stereocenters. The average molecular weight is 285 g/mol. The van der Waals surface area contributed by atoms with Gasteiger partial charge in [-0.2, -0.15) is 0 Å². The first-order chi connectivity index (χ1) is 9.04. The highest BCUT2D eigenvalue weighted by atomic mass is 35.5. The molecule has 1 fully saturated rings. The van der Waals surface area contributed by atoms with Gasteiger partial charge in [-0.25, -0.2) is 4.39 Å². The van der Waals surface area contributed by atoms with Crippen LogP contribution in [0, 0.1) is 5.82 Å². The van der Waals surface area contributed by atoms with Crippen molar-refractivity contribution >= 4 is 17.5 Å². The molecule has 19 heavy (non-hydrogen) atoms. The Labute approximate surface area is 117 Å². The minimum absolute atomic E-state index is 0.116. The van der Waals surface area contributed by atoms with Crippen LogP contribution in [-0.2, 0) is 4.79 Å². The maximum absolute atomic E-state index is 14.1. The molecule has 1 aromatic carbocycles. The van der Waals surface area contributed by atoms with Crippen molar-refractivity contribution in [3.63, 3.8) is 0 Å². The lowest BCUT2D eigenvalue weighted by atomic mass is 10.0. The molecule has 1 aliphatic carbocycles. The summed E-state index contributed by atoms with van der Waals surface area (Å²) in [5.41, 5.74) is 5.84. The number of amides is 1. The summed E-state index contributed by atoms with van der Waals surface area (Å²) in [6, 6.07) is 5.17. The summed E-state index contributed by atoms with van der Waals surface area (Å²) in [5, 5.41) is 0.116. The van der Waals surface area contributed by atoms with Gasteiger partial charge in [0.15, 0.2) is 0 Å². The third-order valence-electron chi connectivity index (χ3n) is 3.48. The van der Waals surface area contributed by atoms with Gasteiger partial charge in [0.1, 0.15) is 5.82 Å². The molecule has 0 saturated heterocycles. The summed E-state index contributed by atoms with van der Waals surface area (Å²) in [7, 11) is 0. The Bertz CT molecular complexity index is 477. The standard InChI is InChI=1S/C14H18ClFN2O/c1-2-12(10-4-3-5-11(15)14(10)16)18(8-13(17)19)9-6-7-9/h3-5,9,12H,2,6-8H2,1H3,(H2,17,19). The minimum Gasteiger partial charge on any atom is -0.369 e. The smallest absolute Gasteiger partial charge is 0.231 e. The Balaban J connectivity index is 2.30. The van der Waals surface area contributed by atoms with Crippen LogP contribution < -0.4 is 5.73 Å². The van der Waals surface area contributed by atoms with Gasteiger partial charge in [0.25, 0.3) is 0 Å². The SMILES string of the molecule is CCC(c1cccc(Cl)c1F)N(CC(N)=O)C1CC1.